The molecule has 3 aromatic rings. The molecular weight excluding hydrogens is 556 g/mol. The maximum absolute atomic E-state index is 13.1. The fraction of sp³-hybridized carbons (Fsp3) is 0.226. The molecule has 1 N–H and O–H groups in total. The van der Waals surface area contributed by atoms with Crippen LogP contribution in [0.25, 0.3) is 6.08 Å². The van der Waals surface area contributed by atoms with Crippen molar-refractivity contribution in [1.82, 2.24) is 4.90 Å². The van der Waals surface area contributed by atoms with Crippen molar-refractivity contribution in [3.05, 3.63) is 88.3 Å². The maximum Gasteiger partial charge on any atom is 0.294 e. The number of para-hydroxylation sites is 2. The molecule has 5 rings (SSSR count). The molecule has 10 nitrogen and oxygen atoms in total. The van der Waals surface area contributed by atoms with Crippen LogP contribution in [0.2, 0.25) is 0 Å². The normalized spacial score (nSPS) is 16.0. The lowest BCUT2D eigenvalue weighted by molar-refractivity contribution is -0.127. The van der Waals surface area contributed by atoms with Gasteiger partial charge in [-0.1, -0.05) is 36.4 Å². The lowest BCUT2D eigenvalue weighted by atomic mass is 10.1. The van der Waals surface area contributed by atoms with Crippen LogP contribution >= 0.6 is 11.8 Å². The molecule has 2 aliphatic rings. The number of anilines is 2. The summed E-state index contributed by atoms with van der Waals surface area (Å²) in [6.07, 6.45) is 1.58. The summed E-state index contributed by atoms with van der Waals surface area (Å²) >= 11 is 0.774. The monoisotopic (exact) mass is 584 g/mol. The number of hydrogen-bond donors (Lipinski definition) is 1. The van der Waals surface area contributed by atoms with Gasteiger partial charge in [0, 0.05) is 18.7 Å². The topological polar surface area (TPSA) is 121 Å². The van der Waals surface area contributed by atoms with E-state index in [4.69, 9.17) is 14.2 Å². The molecule has 11 heteroatoms. The van der Waals surface area contributed by atoms with E-state index in [1.54, 1.807) is 42.5 Å². The highest BCUT2D eigenvalue weighted by Crippen LogP contribution is 2.35. The first kappa shape index (κ1) is 28.7. The Balaban J connectivity index is 1.24. The van der Waals surface area contributed by atoms with Gasteiger partial charge in [-0.05, 0) is 53.7 Å². The first-order chi connectivity index (χ1) is 20.5. The largest absolute Gasteiger partial charge is 0.493 e. The number of methoxy groups -OCH3 is 1. The minimum atomic E-state index is -0.547. The lowest BCUT2D eigenvalue weighted by Crippen LogP contribution is -2.38. The van der Waals surface area contributed by atoms with Crippen molar-refractivity contribution in [2.75, 3.05) is 50.2 Å². The Morgan fingerprint density at radius 3 is 2.62 bits per heavy atom. The summed E-state index contributed by atoms with van der Waals surface area (Å²) in [7, 11) is 1.50. The second-order valence-corrected chi connectivity index (χ2v) is 10.4. The first-order valence-electron chi connectivity index (χ1n) is 13.2. The van der Waals surface area contributed by atoms with Gasteiger partial charge in [-0.15, -0.1) is 0 Å². The van der Waals surface area contributed by atoms with E-state index in [-0.39, 0.29) is 11.5 Å². The van der Waals surface area contributed by atoms with Crippen molar-refractivity contribution in [2.24, 2.45) is 0 Å². The fourth-order valence-electron chi connectivity index (χ4n) is 4.58. The summed E-state index contributed by atoms with van der Waals surface area (Å²) in [6.45, 7) is 2.38. The smallest absolute Gasteiger partial charge is 0.294 e. The second-order valence-electron chi connectivity index (χ2n) is 9.40. The highest BCUT2D eigenvalue weighted by Gasteiger charge is 2.36. The van der Waals surface area contributed by atoms with Gasteiger partial charge in [-0.2, -0.15) is 5.26 Å². The summed E-state index contributed by atoms with van der Waals surface area (Å²) in [5.74, 6) is -0.130. The van der Waals surface area contributed by atoms with E-state index < -0.39 is 23.6 Å². The van der Waals surface area contributed by atoms with Crippen LogP contribution in [0, 0.1) is 11.3 Å². The van der Waals surface area contributed by atoms with Crippen LogP contribution in [0.3, 0.4) is 0 Å². The van der Waals surface area contributed by atoms with Crippen LogP contribution < -0.4 is 19.7 Å². The van der Waals surface area contributed by atoms with Gasteiger partial charge in [0.25, 0.3) is 11.1 Å². The van der Waals surface area contributed by atoms with E-state index in [1.165, 1.54) is 7.11 Å². The minimum absolute atomic E-state index is 0.178. The summed E-state index contributed by atoms with van der Waals surface area (Å²) in [5, 5.41) is 11.6. The highest BCUT2D eigenvalue weighted by atomic mass is 32.2. The number of carbonyl (C=O) groups excluding carboxylic acids is 3. The van der Waals surface area contributed by atoms with E-state index in [0.717, 1.165) is 27.9 Å². The van der Waals surface area contributed by atoms with Gasteiger partial charge in [-0.25, -0.2) is 0 Å². The summed E-state index contributed by atoms with van der Waals surface area (Å²) in [6, 6.07) is 21.8. The van der Waals surface area contributed by atoms with Crippen LogP contribution in [-0.2, 0) is 20.9 Å². The van der Waals surface area contributed by atoms with Crippen LogP contribution in [0.1, 0.15) is 16.7 Å². The Morgan fingerprint density at radius 1 is 1.07 bits per heavy atom. The Labute approximate surface area is 247 Å². The molecule has 214 valence electrons. The molecule has 3 amide bonds. The zero-order valence-corrected chi connectivity index (χ0v) is 23.7. The third-order valence-electron chi connectivity index (χ3n) is 6.71. The first-order valence-corrected chi connectivity index (χ1v) is 14.0. The Kier molecular flexibility index (Phi) is 9.06. The van der Waals surface area contributed by atoms with E-state index in [0.29, 0.717) is 54.6 Å². The van der Waals surface area contributed by atoms with Crippen molar-refractivity contribution in [1.29, 1.82) is 5.26 Å². The summed E-state index contributed by atoms with van der Waals surface area (Å²) < 4.78 is 16.8. The summed E-state index contributed by atoms with van der Waals surface area (Å²) in [5.41, 5.74) is 3.36. The van der Waals surface area contributed by atoms with Crippen LogP contribution in [0.5, 0.6) is 11.5 Å². The number of nitrogens with zero attached hydrogens (tertiary/aromatic N) is 3. The second kappa shape index (κ2) is 13.2. The highest BCUT2D eigenvalue weighted by molar-refractivity contribution is 8.18. The Hall–Kier alpha value is -4.79. The predicted octanol–water partition coefficient (Wildman–Crippen LogP) is 4.66. The van der Waals surface area contributed by atoms with E-state index in [9.17, 15) is 19.6 Å². The van der Waals surface area contributed by atoms with Crippen molar-refractivity contribution in [3.63, 3.8) is 0 Å². The third kappa shape index (κ3) is 6.57. The molecule has 2 heterocycles. The van der Waals surface area contributed by atoms with Gasteiger partial charge in [0.15, 0.2) is 11.5 Å². The zero-order valence-electron chi connectivity index (χ0n) is 22.9. The number of benzene rings is 3. The quantitative estimate of drug-likeness (QED) is 0.358. The number of rotatable bonds is 9. The Morgan fingerprint density at radius 2 is 1.83 bits per heavy atom. The minimum Gasteiger partial charge on any atom is -0.493 e. The maximum atomic E-state index is 13.1. The van der Waals surface area contributed by atoms with E-state index >= 15 is 0 Å². The average Bonchev–Trinajstić information content (AvgIpc) is 3.28. The van der Waals surface area contributed by atoms with Crippen molar-refractivity contribution in [2.45, 2.75) is 6.61 Å². The SMILES string of the molecule is COc1cc(/C=C2\SC(=O)N(CC(=O)Nc3ccccc3N3CCOCC3)C2=O)ccc1OCc1ccccc1C#N. The summed E-state index contributed by atoms with van der Waals surface area (Å²) in [4.78, 5) is 41.9. The molecule has 2 fully saturated rings. The number of morpholine rings is 1. The van der Waals surface area contributed by atoms with Crippen molar-refractivity contribution in [3.8, 4) is 17.6 Å². The van der Waals surface area contributed by atoms with E-state index in [2.05, 4.69) is 16.3 Å². The van der Waals surface area contributed by atoms with Crippen molar-refractivity contribution < 1.29 is 28.6 Å². The van der Waals surface area contributed by atoms with Crippen molar-refractivity contribution >= 4 is 46.3 Å². The molecule has 2 aliphatic heterocycles. The molecule has 0 unspecified atom stereocenters. The van der Waals surface area contributed by atoms with Crippen LogP contribution in [0.15, 0.2) is 71.6 Å². The molecule has 0 saturated carbocycles. The number of nitriles is 1. The lowest BCUT2D eigenvalue weighted by Gasteiger charge is -2.30. The molecule has 42 heavy (non-hydrogen) atoms. The number of ether oxygens (including phenoxy) is 3. The molecule has 0 atom stereocenters. The van der Waals surface area contributed by atoms with Gasteiger partial charge >= 0.3 is 0 Å². The number of thioether (sulfide) groups is 1. The number of amides is 3. The molecule has 0 spiro atoms. The van der Waals surface area contributed by atoms with Gasteiger partial charge in [0.2, 0.25) is 5.91 Å². The third-order valence-corrected chi connectivity index (χ3v) is 7.62. The fourth-order valence-corrected chi connectivity index (χ4v) is 5.42. The van der Waals surface area contributed by atoms with Gasteiger partial charge in [-0.3, -0.25) is 19.3 Å². The molecule has 0 radical (unpaired) electrons. The molecule has 3 aromatic carbocycles. The number of imide groups is 1. The Bertz CT molecular complexity index is 1580. The van der Waals surface area contributed by atoms with Gasteiger partial charge in [0.1, 0.15) is 13.2 Å². The number of nitrogens with one attached hydrogen (secondary N) is 1. The number of carbonyl (C=O) groups is 3. The molecule has 2 saturated heterocycles. The number of hydrogen-bond acceptors (Lipinski definition) is 9. The molecule has 0 aliphatic carbocycles. The average molecular weight is 585 g/mol. The van der Waals surface area contributed by atoms with E-state index in [1.807, 2.05) is 30.3 Å². The van der Waals surface area contributed by atoms with Crippen LogP contribution in [0.4, 0.5) is 16.2 Å². The molecule has 0 aromatic heterocycles. The zero-order chi connectivity index (χ0) is 29.5. The standard InChI is InChI=1S/C31H28N4O6S/c1-39-27-16-21(10-11-26(27)41-20-23-7-3-2-6-22(23)18-32)17-28-30(37)35(31(38)42-28)19-29(36)33-24-8-4-5-9-25(24)34-12-14-40-15-13-34/h2-11,16-17H,12-15,19-20H2,1H3,(H,33,36)/b28-17-. The van der Waals surface area contributed by atoms with Crippen LogP contribution in [-0.4, -0.2) is 61.9 Å². The van der Waals surface area contributed by atoms with Gasteiger partial charge < -0.3 is 24.4 Å². The predicted molar refractivity (Wildman–Crippen MR) is 159 cm³/mol. The molecular formula is C31H28N4O6S. The van der Waals surface area contributed by atoms with Gasteiger partial charge in [0.05, 0.1) is 48.2 Å². The molecule has 0 bridgehead atoms.